The first-order chi connectivity index (χ1) is 11.4. The third-order valence-electron chi connectivity index (χ3n) is 4.79. The van der Waals surface area contributed by atoms with E-state index in [2.05, 4.69) is 23.5 Å². The first kappa shape index (κ1) is 17.1. The fourth-order valence-corrected chi connectivity index (χ4v) is 4.46. The Morgan fingerprint density at radius 3 is 2.83 bits per heavy atom. The third-order valence-corrected chi connectivity index (χ3v) is 5.79. The van der Waals surface area contributed by atoms with E-state index in [1.807, 2.05) is 4.90 Å². The number of hydrogen-bond donors (Lipinski definition) is 0. The van der Waals surface area contributed by atoms with Crippen LogP contribution in [0, 0.1) is 13.8 Å². The number of carbonyl (C=O) groups excluding carboxylic acids is 1. The summed E-state index contributed by atoms with van der Waals surface area (Å²) in [5.41, 5.74) is 2.73. The molecule has 2 aromatic heterocycles. The molecule has 0 bridgehead atoms. The SMILES string of the molecule is CCC1c2ccsc2CCN1C(=O)Cc1c(C)nn(C(F)F)c1C. The van der Waals surface area contributed by atoms with E-state index in [0.717, 1.165) is 12.8 Å². The number of thiophene rings is 1. The van der Waals surface area contributed by atoms with E-state index in [4.69, 9.17) is 0 Å². The maximum atomic E-state index is 13.0. The largest absolute Gasteiger partial charge is 0.335 e. The molecule has 0 saturated heterocycles. The number of alkyl halides is 2. The lowest BCUT2D eigenvalue weighted by Gasteiger charge is -2.35. The number of aryl methyl sites for hydroxylation is 1. The number of hydrogen-bond acceptors (Lipinski definition) is 3. The lowest BCUT2D eigenvalue weighted by molar-refractivity contribution is -0.133. The number of nitrogens with zero attached hydrogens (tertiary/aromatic N) is 3. The van der Waals surface area contributed by atoms with Crippen molar-refractivity contribution >= 4 is 17.2 Å². The zero-order chi connectivity index (χ0) is 17.4. The summed E-state index contributed by atoms with van der Waals surface area (Å²) in [5.74, 6) is -0.0151. The molecule has 0 aliphatic carbocycles. The lowest BCUT2D eigenvalue weighted by Crippen LogP contribution is -2.40. The van der Waals surface area contributed by atoms with Crippen LogP contribution in [0.2, 0.25) is 0 Å². The molecule has 3 heterocycles. The topological polar surface area (TPSA) is 38.1 Å². The molecule has 1 aliphatic rings. The molecular weight excluding hydrogens is 332 g/mol. The second-order valence-corrected chi connectivity index (χ2v) is 7.11. The summed E-state index contributed by atoms with van der Waals surface area (Å²) in [6, 6.07) is 2.18. The highest BCUT2D eigenvalue weighted by molar-refractivity contribution is 7.10. The lowest BCUT2D eigenvalue weighted by atomic mass is 9.96. The zero-order valence-electron chi connectivity index (χ0n) is 14.1. The van der Waals surface area contributed by atoms with Crippen LogP contribution in [0.15, 0.2) is 11.4 Å². The van der Waals surface area contributed by atoms with Gasteiger partial charge in [-0.15, -0.1) is 11.3 Å². The summed E-state index contributed by atoms with van der Waals surface area (Å²) in [4.78, 5) is 16.1. The molecule has 1 amide bonds. The van der Waals surface area contributed by atoms with Crippen LogP contribution in [-0.4, -0.2) is 27.1 Å². The molecule has 1 aliphatic heterocycles. The molecule has 0 fully saturated rings. The Hall–Kier alpha value is -1.76. The highest BCUT2D eigenvalue weighted by atomic mass is 32.1. The maximum Gasteiger partial charge on any atom is 0.333 e. The van der Waals surface area contributed by atoms with Crippen molar-refractivity contribution < 1.29 is 13.6 Å². The first-order valence-corrected chi connectivity index (χ1v) is 9.00. The third kappa shape index (κ3) is 2.85. The van der Waals surface area contributed by atoms with E-state index < -0.39 is 6.55 Å². The fourth-order valence-electron chi connectivity index (χ4n) is 3.53. The number of carbonyl (C=O) groups is 1. The Balaban J connectivity index is 1.83. The van der Waals surface area contributed by atoms with Gasteiger partial charge in [-0.2, -0.15) is 13.9 Å². The average molecular weight is 353 g/mol. The van der Waals surface area contributed by atoms with E-state index in [0.29, 0.717) is 28.2 Å². The molecule has 24 heavy (non-hydrogen) atoms. The predicted molar refractivity (Wildman–Crippen MR) is 89.4 cm³/mol. The number of rotatable bonds is 4. The summed E-state index contributed by atoms with van der Waals surface area (Å²) in [6.45, 7) is 3.35. The van der Waals surface area contributed by atoms with Crippen LogP contribution in [0.25, 0.3) is 0 Å². The average Bonchev–Trinajstić information content (AvgIpc) is 3.13. The van der Waals surface area contributed by atoms with Crippen molar-refractivity contribution in [3.63, 3.8) is 0 Å². The van der Waals surface area contributed by atoms with Gasteiger partial charge in [0.15, 0.2) is 0 Å². The van der Waals surface area contributed by atoms with Crippen molar-refractivity contribution in [2.24, 2.45) is 0 Å². The Bertz CT molecular complexity index is 753. The van der Waals surface area contributed by atoms with Gasteiger partial charge < -0.3 is 4.90 Å². The molecule has 0 spiro atoms. The van der Waals surface area contributed by atoms with Crippen LogP contribution >= 0.6 is 11.3 Å². The normalized spacial score (nSPS) is 17.4. The standard InChI is InChI=1S/C17H21F2N3OS/c1-4-14-12-6-8-24-15(12)5-7-21(14)16(23)9-13-10(2)20-22(11(13)3)17(18)19/h6,8,14,17H,4-5,7,9H2,1-3H3. The zero-order valence-corrected chi connectivity index (χ0v) is 14.9. The Kier molecular flexibility index (Phi) is 4.71. The van der Waals surface area contributed by atoms with E-state index in [-0.39, 0.29) is 18.4 Å². The van der Waals surface area contributed by atoms with Gasteiger partial charge in [0.25, 0.3) is 0 Å². The number of amides is 1. The summed E-state index contributed by atoms with van der Waals surface area (Å²) in [5, 5.41) is 5.94. The molecule has 4 nitrogen and oxygen atoms in total. The van der Waals surface area contributed by atoms with Crippen LogP contribution in [0.3, 0.4) is 0 Å². The fraction of sp³-hybridized carbons (Fsp3) is 0.529. The molecule has 130 valence electrons. The van der Waals surface area contributed by atoms with E-state index in [1.54, 1.807) is 25.2 Å². The van der Waals surface area contributed by atoms with Gasteiger partial charge >= 0.3 is 6.55 Å². The summed E-state index contributed by atoms with van der Waals surface area (Å²) < 4.78 is 26.6. The molecule has 7 heteroatoms. The van der Waals surface area contributed by atoms with Gasteiger partial charge in [0.2, 0.25) is 5.91 Å². The first-order valence-electron chi connectivity index (χ1n) is 8.12. The van der Waals surface area contributed by atoms with Crippen molar-refractivity contribution in [2.45, 2.75) is 52.6 Å². The predicted octanol–water partition coefficient (Wildman–Crippen LogP) is 4.04. The summed E-state index contributed by atoms with van der Waals surface area (Å²) in [6.07, 6.45) is 1.84. The van der Waals surface area contributed by atoms with Gasteiger partial charge in [-0.3, -0.25) is 4.79 Å². The quantitative estimate of drug-likeness (QED) is 0.832. The molecule has 1 atom stereocenters. The molecule has 1 unspecified atom stereocenters. The molecule has 0 aromatic carbocycles. The van der Waals surface area contributed by atoms with Crippen LogP contribution in [-0.2, 0) is 17.6 Å². The van der Waals surface area contributed by atoms with E-state index in [9.17, 15) is 13.6 Å². The van der Waals surface area contributed by atoms with Crippen LogP contribution < -0.4 is 0 Å². The second kappa shape index (κ2) is 6.63. The molecule has 2 aromatic rings. The summed E-state index contributed by atoms with van der Waals surface area (Å²) >= 11 is 1.74. The summed E-state index contributed by atoms with van der Waals surface area (Å²) in [7, 11) is 0. The van der Waals surface area contributed by atoms with E-state index in [1.165, 1.54) is 10.4 Å². The van der Waals surface area contributed by atoms with Crippen LogP contribution in [0.1, 0.15) is 53.3 Å². The molecular formula is C17H21F2N3OS. The van der Waals surface area contributed by atoms with Crippen molar-refractivity contribution in [1.29, 1.82) is 0 Å². The van der Waals surface area contributed by atoms with Gasteiger partial charge in [-0.1, -0.05) is 6.92 Å². The molecule has 0 saturated carbocycles. The Morgan fingerprint density at radius 2 is 2.21 bits per heavy atom. The van der Waals surface area contributed by atoms with Crippen molar-refractivity contribution in [3.8, 4) is 0 Å². The highest BCUT2D eigenvalue weighted by Crippen LogP contribution is 2.35. The maximum absolute atomic E-state index is 13.0. The van der Waals surface area contributed by atoms with Crippen molar-refractivity contribution in [3.05, 3.63) is 38.8 Å². The number of fused-ring (bicyclic) bond motifs is 1. The minimum Gasteiger partial charge on any atom is -0.335 e. The number of halogens is 2. The molecule has 3 rings (SSSR count). The van der Waals surface area contributed by atoms with E-state index >= 15 is 0 Å². The van der Waals surface area contributed by atoms with Gasteiger partial charge in [-0.05, 0) is 43.7 Å². The van der Waals surface area contributed by atoms with Crippen molar-refractivity contribution in [2.75, 3.05) is 6.54 Å². The van der Waals surface area contributed by atoms with Crippen LogP contribution in [0.5, 0.6) is 0 Å². The number of aromatic nitrogens is 2. The van der Waals surface area contributed by atoms with Gasteiger partial charge in [0.1, 0.15) is 0 Å². The Labute approximate surface area is 144 Å². The highest BCUT2D eigenvalue weighted by Gasteiger charge is 2.31. The van der Waals surface area contributed by atoms with Gasteiger partial charge in [0, 0.05) is 22.7 Å². The minimum atomic E-state index is -2.68. The van der Waals surface area contributed by atoms with Gasteiger partial charge in [-0.25, -0.2) is 4.68 Å². The minimum absolute atomic E-state index is 0.0151. The molecule has 0 radical (unpaired) electrons. The van der Waals surface area contributed by atoms with Gasteiger partial charge in [0.05, 0.1) is 18.2 Å². The smallest absolute Gasteiger partial charge is 0.333 e. The molecule has 0 N–H and O–H groups in total. The Morgan fingerprint density at radius 1 is 1.46 bits per heavy atom. The van der Waals surface area contributed by atoms with Crippen molar-refractivity contribution in [1.82, 2.24) is 14.7 Å². The monoisotopic (exact) mass is 353 g/mol. The van der Waals surface area contributed by atoms with Crippen LogP contribution in [0.4, 0.5) is 8.78 Å². The second-order valence-electron chi connectivity index (χ2n) is 6.11.